The molecule has 0 heterocycles. The Balaban J connectivity index is 2.27. The molecule has 1 aromatic carbocycles. The first kappa shape index (κ1) is 24.0. The van der Waals surface area contributed by atoms with Crippen molar-refractivity contribution in [3.8, 4) is 5.75 Å². The third kappa shape index (κ3) is 7.90. The molecule has 0 amide bonds. The van der Waals surface area contributed by atoms with Gasteiger partial charge in [0, 0.05) is 0 Å². The Morgan fingerprint density at radius 2 is 1.12 bits per heavy atom. The van der Waals surface area contributed by atoms with E-state index in [1.54, 1.807) is 0 Å². The maximum Gasteiger partial charge on any atom is 0.355 e. The molecule has 8 heteroatoms. The minimum Gasteiger partial charge on any atom is -0.284 e. The van der Waals surface area contributed by atoms with Gasteiger partial charge in [0.2, 0.25) is 5.75 Å². The van der Waals surface area contributed by atoms with E-state index in [0.717, 1.165) is 19.3 Å². The normalized spacial score (nSPS) is 10.8. The van der Waals surface area contributed by atoms with Crippen LogP contribution in [0.5, 0.6) is 5.75 Å². The zero-order chi connectivity index (χ0) is 19.5. The Kier molecular flexibility index (Phi) is 12.1. The molecule has 0 aliphatic rings. The van der Waals surface area contributed by atoms with Crippen LogP contribution >= 0.6 is 58.0 Å². The molecule has 0 fully saturated rings. The molecule has 0 aromatic heterocycles. The van der Waals surface area contributed by atoms with Crippen molar-refractivity contribution in [1.29, 1.82) is 0 Å². The number of carbonyl (C=O) groups is 1. The smallest absolute Gasteiger partial charge is 0.284 e. The minimum atomic E-state index is -0.512. The Morgan fingerprint density at radius 1 is 0.692 bits per heavy atom. The van der Waals surface area contributed by atoms with Crippen molar-refractivity contribution in [3.05, 3.63) is 25.1 Å². The number of hydrogen-bond donors (Lipinski definition) is 0. The molecule has 0 N–H and O–H groups in total. The summed E-state index contributed by atoms with van der Waals surface area (Å²) in [6.07, 6.45) is 10.7. The summed E-state index contributed by atoms with van der Waals surface area (Å²) in [5.74, 6) is -0.643. The molecule has 0 saturated carbocycles. The van der Waals surface area contributed by atoms with Crippen LogP contribution in [0.4, 0.5) is 0 Å². The lowest BCUT2D eigenvalue weighted by Crippen LogP contribution is -2.08. The third-order valence-electron chi connectivity index (χ3n) is 3.87. The van der Waals surface area contributed by atoms with Gasteiger partial charge in [-0.1, -0.05) is 116 Å². The second-order valence-electron chi connectivity index (χ2n) is 6.02. The standard InChI is InChI=1S/C18H23Cl5O3/c1-2-3-4-5-6-7-8-9-10-11-12(24)25-26-18-16(22)14(20)13(19)15(21)17(18)23/h2-11H2,1H3. The minimum absolute atomic E-state index is 0.0108. The van der Waals surface area contributed by atoms with Crippen LogP contribution in [-0.4, -0.2) is 5.97 Å². The van der Waals surface area contributed by atoms with Crippen molar-refractivity contribution < 1.29 is 14.6 Å². The van der Waals surface area contributed by atoms with Crippen LogP contribution in [0.15, 0.2) is 0 Å². The van der Waals surface area contributed by atoms with Gasteiger partial charge in [0.1, 0.15) is 10.0 Å². The molecule has 0 spiro atoms. The molecule has 0 saturated heterocycles. The fraction of sp³-hybridized carbons (Fsp3) is 0.611. The summed E-state index contributed by atoms with van der Waals surface area (Å²) in [7, 11) is 0. The zero-order valence-corrected chi connectivity index (χ0v) is 18.5. The van der Waals surface area contributed by atoms with E-state index in [2.05, 4.69) is 6.92 Å². The van der Waals surface area contributed by atoms with Crippen molar-refractivity contribution in [2.75, 3.05) is 0 Å². The van der Waals surface area contributed by atoms with Crippen molar-refractivity contribution in [3.63, 3.8) is 0 Å². The second kappa shape index (κ2) is 13.2. The predicted molar refractivity (Wildman–Crippen MR) is 110 cm³/mol. The SMILES string of the molecule is CCCCCCCCCCCC(=O)OOc1c(Cl)c(Cl)c(Cl)c(Cl)c1Cl. The molecule has 0 bridgehead atoms. The predicted octanol–water partition coefficient (Wildman–Crippen LogP) is 8.71. The molecule has 1 aromatic rings. The first-order chi connectivity index (χ1) is 12.4. The van der Waals surface area contributed by atoms with E-state index in [0.29, 0.717) is 0 Å². The van der Waals surface area contributed by atoms with Gasteiger partial charge in [-0.25, -0.2) is 4.79 Å². The Hall–Kier alpha value is -0.0600. The summed E-state index contributed by atoms with van der Waals surface area (Å²) in [6, 6.07) is 0. The third-order valence-corrected chi connectivity index (χ3v) is 6.11. The summed E-state index contributed by atoms with van der Waals surface area (Å²) in [5, 5.41) is -0.166. The first-order valence-electron chi connectivity index (χ1n) is 8.78. The van der Waals surface area contributed by atoms with Crippen LogP contribution in [0.2, 0.25) is 25.1 Å². The van der Waals surface area contributed by atoms with Gasteiger partial charge < -0.3 is 0 Å². The average Bonchev–Trinajstić information content (AvgIpc) is 2.63. The molecule has 3 nitrogen and oxygen atoms in total. The van der Waals surface area contributed by atoms with Gasteiger partial charge in [-0.15, -0.1) is 0 Å². The fourth-order valence-corrected chi connectivity index (χ4v) is 3.55. The van der Waals surface area contributed by atoms with Crippen LogP contribution in [0.1, 0.15) is 71.1 Å². The van der Waals surface area contributed by atoms with Crippen LogP contribution in [0.3, 0.4) is 0 Å². The van der Waals surface area contributed by atoms with E-state index in [-0.39, 0.29) is 37.3 Å². The summed E-state index contributed by atoms with van der Waals surface area (Å²) >= 11 is 29.7. The number of hydrogen-bond acceptors (Lipinski definition) is 3. The largest absolute Gasteiger partial charge is 0.355 e. The first-order valence-corrected chi connectivity index (χ1v) is 10.7. The zero-order valence-electron chi connectivity index (χ0n) is 14.7. The molecule has 26 heavy (non-hydrogen) atoms. The van der Waals surface area contributed by atoms with E-state index < -0.39 is 5.97 Å². The van der Waals surface area contributed by atoms with Crippen molar-refractivity contribution in [2.24, 2.45) is 0 Å². The fourth-order valence-electron chi connectivity index (χ4n) is 2.37. The average molecular weight is 465 g/mol. The maximum atomic E-state index is 11.8. The topological polar surface area (TPSA) is 35.5 Å². The molecule has 1 rings (SSSR count). The van der Waals surface area contributed by atoms with E-state index in [4.69, 9.17) is 67.8 Å². The Bertz CT molecular complexity index is 564. The lowest BCUT2D eigenvalue weighted by atomic mass is 10.1. The summed E-state index contributed by atoms with van der Waals surface area (Å²) < 4.78 is 0. The highest BCUT2D eigenvalue weighted by atomic mass is 35.5. The van der Waals surface area contributed by atoms with Gasteiger partial charge in [-0.05, 0) is 6.42 Å². The molecule has 0 atom stereocenters. The molecule has 0 radical (unpaired) electrons. The highest BCUT2D eigenvalue weighted by Crippen LogP contribution is 2.48. The summed E-state index contributed by atoms with van der Waals surface area (Å²) in [5.41, 5.74) is 0. The maximum absolute atomic E-state index is 11.8. The van der Waals surface area contributed by atoms with Crippen LogP contribution < -0.4 is 4.89 Å². The Labute approximate surface area is 180 Å². The lowest BCUT2D eigenvalue weighted by Gasteiger charge is -2.11. The van der Waals surface area contributed by atoms with E-state index in [1.165, 1.54) is 38.5 Å². The van der Waals surface area contributed by atoms with E-state index in [9.17, 15) is 4.79 Å². The van der Waals surface area contributed by atoms with Crippen molar-refractivity contribution >= 4 is 64.0 Å². The number of rotatable bonds is 12. The Morgan fingerprint density at radius 3 is 1.62 bits per heavy atom. The molecular formula is C18H23Cl5O3. The van der Waals surface area contributed by atoms with Crippen LogP contribution in [-0.2, 0) is 9.68 Å². The number of halogens is 5. The highest BCUT2D eigenvalue weighted by molar-refractivity contribution is 6.55. The molecule has 0 aliphatic carbocycles. The number of benzene rings is 1. The quantitative estimate of drug-likeness (QED) is 0.102. The van der Waals surface area contributed by atoms with Gasteiger partial charge in [0.25, 0.3) is 0 Å². The van der Waals surface area contributed by atoms with Gasteiger partial charge >= 0.3 is 5.97 Å². The van der Waals surface area contributed by atoms with Crippen molar-refractivity contribution in [2.45, 2.75) is 71.1 Å². The van der Waals surface area contributed by atoms with Gasteiger partial charge in [-0.2, -0.15) is 0 Å². The van der Waals surface area contributed by atoms with Crippen molar-refractivity contribution in [1.82, 2.24) is 0 Å². The number of carbonyl (C=O) groups excluding carboxylic acids is 1. The van der Waals surface area contributed by atoms with E-state index in [1.807, 2.05) is 0 Å². The lowest BCUT2D eigenvalue weighted by molar-refractivity contribution is -0.213. The highest BCUT2D eigenvalue weighted by Gasteiger charge is 2.22. The summed E-state index contributed by atoms with van der Waals surface area (Å²) in [4.78, 5) is 21.4. The van der Waals surface area contributed by atoms with Crippen LogP contribution in [0, 0.1) is 0 Å². The number of unbranched alkanes of at least 4 members (excludes halogenated alkanes) is 8. The monoisotopic (exact) mass is 462 g/mol. The van der Waals surface area contributed by atoms with Crippen LogP contribution in [0.25, 0.3) is 0 Å². The van der Waals surface area contributed by atoms with Gasteiger partial charge in [0.15, 0.2) is 0 Å². The summed E-state index contributed by atoms with van der Waals surface area (Å²) in [6.45, 7) is 2.21. The molecule has 0 aliphatic heterocycles. The van der Waals surface area contributed by atoms with Gasteiger partial charge in [0.05, 0.1) is 21.5 Å². The molecular weight excluding hydrogens is 441 g/mol. The van der Waals surface area contributed by atoms with E-state index >= 15 is 0 Å². The second-order valence-corrected chi connectivity index (χ2v) is 7.91. The van der Waals surface area contributed by atoms with Gasteiger partial charge in [-0.3, -0.25) is 9.78 Å². The molecule has 148 valence electrons. The molecule has 0 unspecified atom stereocenters.